The van der Waals surface area contributed by atoms with Gasteiger partial charge in [0.05, 0.1) is 19.2 Å². The number of methoxy groups -OCH3 is 2. The van der Waals surface area contributed by atoms with Crippen LogP contribution in [0.3, 0.4) is 0 Å². The van der Waals surface area contributed by atoms with Crippen LogP contribution in [0.25, 0.3) is 0 Å². The number of rotatable bonds is 6. The van der Waals surface area contributed by atoms with Gasteiger partial charge in [0.25, 0.3) is 5.91 Å². The average molecular weight is 315 g/mol. The number of carbonyl (C=O) groups excluding carboxylic acids is 2. The Morgan fingerprint density at radius 1 is 1.29 bits per heavy atom. The van der Waals surface area contributed by atoms with E-state index >= 15 is 0 Å². The Kier molecular flexibility index (Phi) is 6.30. The molecule has 1 rings (SSSR count). The van der Waals surface area contributed by atoms with Crippen molar-refractivity contribution in [3.63, 3.8) is 0 Å². The fraction of sp³-hybridized carbons (Fsp3) is 0.429. The van der Waals surface area contributed by atoms with E-state index < -0.39 is 11.9 Å². The Hall–Kier alpha value is -1.95. The summed E-state index contributed by atoms with van der Waals surface area (Å²) in [6.45, 7) is 3.91. The molecule has 21 heavy (non-hydrogen) atoms. The van der Waals surface area contributed by atoms with Gasteiger partial charge in [-0.2, -0.15) is 0 Å². The van der Waals surface area contributed by atoms with Crippen molar-refractivity contribution in [2.45, 2.75) is 19.9 Å². The first-order chi connectivity index (χ1) is 9.94. The first-order valence-electron chi connectivity index (χ1n) is 6.44. The third-order valence-electron chi connectivity index (χ3n) is 2.79. The summed E-state index contributed by atoms with van der Waals surface area (Å²) >= 11 is 6.04. The van der Waals surface area contributed by atoms with E-state index in [2.05, 4.69) is 10.6 Å². The highest BCUT2D eigenvalue weighted by molar-refractivity contribution is 6.32. The molecule has 0 radical (unpaired) electrons. The summed E-state index contributed by atoms with van der Waals surface area (Å²) in [6, 6.07) is 2.32. The maximum absolute atomic E-state index is 12.1. The quantitative estimate of drug-likeness (QED) is 0.836. The van der Waals surface area contributed by atoms with Gasteiger partial charge in [-0.05, 0) is 26.0 Å². The van der Waals surface area contributed by atoms with Crippen molar-refractivity contribution in [2.24, 2.45) is 0 Å². The molecule has 0 unspecified atom stereocenters. The number of hydrogen-bond donors (Lipinski definition) is 2. The molecule has 1 aromatic rings. The Bertz CT molecular complexity index is 534. The molecule has 0 aromatic heterocycles. The lowest BCUT2D eigenvalue weighted by Crippen LogP contribution is -2.44. The Labute approximate surface area is 128 Å². The summed E-state index contributed by atoms with van der Waals surface area (Å²) in [5.74, 6) is 0.0299. The van der Waals surface area contributed by atoms with E-state index in [1.165, 1.54) is 26.4 Å². The van der Waals surface area contributed by atoms with Gasteiger partial charge in [0.2, 0.25) is 5.91 Å². The van der Waals surface area contributed by atoms with Crippen LogP contribution in [0.4, 0.5) is 0 Å². The lowest BCUT2D eigenvalue weighted by molar-refractivity contribution is -0.122. The molecule has 0 aliphatic carbocycles. The molecule has 0 spiro atoms. The van der Waals surface area contributed by atoms with Gasteiger partial charge in [-0.3, -0.25) is 9.59 Å². The minimum Gasteiger partial charge on any atom is -0.493 e. The van der Waals surface area contributed by atoms with E-state index in [-0.39, 0.29) is 16.5 Å². The molecule has 0 fully saturated rings. The van der Waals surface area contributed by atoms with Crippen molar-refractivity contribution < 1.29 is 19.1 Å². The van der Waals surface area contributed by atoms with Crippen LogP contribution in [0, 0.1) is 0 Å². The van der Waals surface area contributed by atoms with E-state index in [1.807, 2.05) is 0 Å². The van der Waals surface area contributed by atoms with Crippen LogP contribution in [0.15, 0.2) is 12.1 Å². The molecule has 1 atom stereocenters. The molecule has 2 amide bonds. The summed E-state index contributed by atoms with van der Waals surface area (Å²) in [6.07, 6.45) is 0. The Morgan fingerprint density at radius 2 is 1.95 bits per heavy atom. The lowest BCUT2D eigenvalue weighted by atomic mass is 10.1. The van der Waals surface area contributed by atoms with Crippen LogP contribution < -0.4 is 20.1 Å². The highest BCUT2D eigenvalue weighted by Gasteiger charge is 2.19. The molecule has 0 aliphatic heterocycles. The van der Waals surface area contributed by atoms with Crippen LogP contribution in [0.2, 0.25) is 5.02 Å². The van der Waals surface area contributed by atoms with E-state index in [0.29, 0.717) is 18.0 Å². The largest absolute Gasteiger partial charge is 0.493 e. The third kappa shape index (κ3) is 4.26. The summed E-state index contributed by atoms with van der Waals surface area (Å²) < 4.78 is 10.2. The molecule has 0 heterocycles. The van der Waals surface area contributed by atoms with Crippen LogP contribution in [-0.4, -0.2) is 38.6 Å². The van der Waals surface area contributed by atoms with Crippen LogP contribution in [0.5, 0.6) is 11.5 Å². The molecule has 0 bridgehead atoms. The molecular weight excluding hydrogens is 296 g/mol. The molecule has 0 saturated carbocycles. The van der Waals surface area contributed by atoms with E-state index in [1.54, 1.807) is 13.8 Å². The van der Waals surface area contributed by atoms with Gasteiger partial charge in [0.15, 0.2) is 11.5 Å². The highest BCUT2D eigenvalue weighted by Crippen LogP contribution is 2.35. The second-order valence-corrected chi connectivity index (χ2v) is 4.69. The van der Waals surface area contributed by atoms with E-state index in [4.69, 9.17) is 21.1 Å². The second kappa shape index (κ2) is 7.73. The topological polar surface area (TPSA) is 76.7 Å². The van der Waals surface area contributed by atoms with Crippen molar-refractivity contribution in [1.29, 1.82) is 0 Å². The van der Waals surface area contributed by atoms with Gasteiger partial charge < -0.3 is 20.1 Å². The van der Waals surface area contributed by atoms with Crippen LogP contribution >= 0.6 is 11.6 Å². The van der Waals surface area contributed by atoms with Gasteiger partial charge >= 0.3 is 0 Å². The number of carbonyl (C=O) groups is 2. The molecule has 1 aromatic carbocycles. The standard InChI is InChI=1S/C14H19ClN2O4/c1-5-16-13(18)8(2)17-14(19)9-6-10(15)12(21-4)11(7-9)20-3/h6-8H,5H2,1-4H3,(H,16,18)(H,17,19)/t8-/m1/s1. The number of halogens is 1. The molecular formula is C14H19ClN2O4. The molecule has 0 saturated heterocycles. The van der Waals surface area contributed by atoms with Gasteiger partial charge in [0.1, 0.15) is 6.04 Å². The van der Waals surface area contributed by atoms with Crippen molar-refractivity contribution >= 4 is 23.4 Å². The molecule has 116 valence electrons. The normalized spacial score (nSPS) is 11.5. The van der Waals surface area contributed by atoms with Gasteiger partial charge in [-0.15, -0.1) is 0 Å². The lowest BCUT2D eigenvalue weighted by Gasteiger charge is -2.15. The van der Waals surface area contributed by atoms with Crippen molar-refractivity contribution in [1.82, 2.24) is 10.6 Å². The van der Waals surface area contributed by atoms with E-state index in [9.17, 15) is 9.59 Å². The highest BCUT2D eigenvalue weighted by atomic mass is 35.5. The van der Waals surface area contributed by atoms with E-state index in [0.717, 1.165) is 0 Å². The zero-order valence-corrected chi connectivity index (χ0v) is 13.2. The zero-order chi connectivity index (χ0) is 16.0. The average Bonchev–Trinajstić information content (AvgIpc) is 2.46. The van der Waals surface area contributed by atoms with Crippen molar-refractivity contribution in [2.75, 3.05) is 20.8 Å². The maximum atomic E-state index is 12.1. The minimum atomic E-state index is -0.649. The molecule has 7 heteroatoms. The number of likely N-dealkylation sites (N-methyl/N-ethyl adjacent to an activating group) is 1. The number of hydrogen-bond acceptors (Lipinski definition) is 4. The van der Waals surface area contributed by atoms with Gasteiger partial charge in [0, 0.05) is 12.1 Å². The predicted octanol–water partition coefficient (Wildman–Crippen LogP) is 1.61. The van der Waals surface area contributed by atoms with Crippen LogP contribution in [-0.2, 0) is 4.79 Å². The first-order valence-corrected chi connectivity index (χ1v) is 6.82. The fourth-order valence-electron chi connectivity index (χ4n) is 1.72. The predicted molar refractivity (Wildman–Crippen MR) is 80.2 cm³/mol. The Morgan fingerprint density at radius 3 is 2.48 bits per heavy atom. The van der Waals surface area contributed by atoms with Crippen LogP contribution in [0.1, 0.15) is 24.2 Å². The molecule has 0 aliphatic rings. The summed E-state index contributed by atoms with van der Waals surface area (Å²) in [5, 5.41) is 5.48. The van der Waals surface area contributed by atoms with Crippen molar-refractivity contribution in [3.8, 4) is 11.5 Å². The third-order valence-corrected chi connectivity index (χ3v) is 3.07. The summed E-state index contributed by atoms with van der Waals surface area (Å²) in [7, 11) is 2.91. The Balaban J connectivity index is 2.93. The number of nitrogens with one attached hydrogen (secondary N) is 2. The maximum Gasteiger partial charge on any atom is 0.252 e. The summed E-state index contributed by atoms with van der Waals surface area (Å²) in [4.78, 5) is 23.7. The fourth-order valence-corrected chi connectivity index (χ4v) is 2.01. The second-order valence-electron chi connectivity index (χ2n) is 4.28. The first kappa shape index (κ1) is 17.1. The summed E-state index contributed by atoms with van der Waals surface area (Å²) in [5.41, 5.74) is 0.286. The number of ether oxygens (including phenoxy) is 2. The monoisotopic (exact) mass is 314 g/mol. The number of benzene rings is 1. The molecule has 2 N–H and O–H groups in total. The molecule has 6 nitrogen and oxygen atoms in total. The smallest absolute Gasteiger partial charge is 0.252 e. The van der Waals surface area contributed by atoms with Gasteiger partial charge in [-0.25, -0.2) is 0 Å². The number of amides is 2. The SMILES string of the molecule is CCNC(=O)[C@@H](C)NC(=O)c1cc(Cl)c(OC)c(OC)c1. The van der Waals surface area contributed by atoms with Gasteiger partial charge in [-0.1, -0.05) is 11.6 Å². The zero-order valence-electron chi connectivity index (χ0n) is 12.5. The van der Waals surface area contributed by atoms with Crippen molar-refractivity contribution in [3.05, 3.63) is 22.7 Å². The minimum absolute atomic E-state index is 0.252.